The predicted octanol–water partition coefficient (Wildman–Crippen LogP) is 24.4. The van der Waals surface area contributed by atoms with Gasteiger partial charge in [0.25, 0.3) is 0 Å². The Kier molecular flexibility index (Phi) is 70.4. The molecule has 0 saturated carbocycles. The first-order chi connectivity index (χ1) is 41.0. The van der Waals surface area contributed by atoms with E-state index in [9.17, 15) is 19.8 Å². The van der Waals surface area contributed by atoms with E-state index in [0.29, 0.717) is 19.4 Å². The van der Waals surface area contributed by atoms with Gasteiger partial charge >= 0.3 is 5.97 Å². The van der Waals surface area contributed by atoms with Gasteiger partial charge in [0, 0.05) is 12.8 Å². The van der Waals surface area contributed by atoms with Crippen LogP contribution in [0.2, 0.25) is 0 Å². The Morgan fingerprint density at radius 3 is 0.928 bits per heavy atom. The van der Waals surface area contributed by atoms with E-state index in [1.807, 2.05) is 6.08 Å². The third-order valence-electron chi connectivity index (χ3n) is 17.3. The number of ether oxygens (including phenoxy) is 1. The van der Waals surface area contributed by atoms with Gasteiger partial charge in [-0.2, -0.15) is 0 Å². The first-order valence-corrected chi connectivity index (χ1v) is 37.4. The van der Waals surface area contributed by atoms with Crippen molar-refractivity contribution in [1.82, 2.24) is 5.32 Å². The Morgan fingerprint density at radius 2 is 0.602 bits per heavy atom. The van der Waals surface area contributed by atoms with Crippen molar-refractivity contribution in [1.29, 1.82) is 0 Å². The van der Waals surface area contributed by atoms with E-state index < -0.39 is 12.1 Å². The van der Waals surface area contributed by atoms with Gasteiger partial charge in [-0.15, -0.1) is 0 Å². The predicted molar refractivity (Wildman–Crippen MR) is 366 cm³/mol. The molecule has 1 amide bonds. The van der Waals surface area contributed by atoms with Crippen molar-refractivity contribution >= 4 is 11.9 Å². The Morgan fingerprint density at radius 1 is 0.337 bits per heavy atom. The van der Waals surface area contributed by atoms with Crippen LogP contribution in [0.5, 0.6) is 0 Å². The molecule has 0 bridgehead atoms. The molecule has 0 aromatic heterocycles. The monoisotopic (exact) mass is 1160 g/mol. The second-order valence-electron chi connectivity index (χ2n) is 25.6. The van der Waals surface area contributed by atoms with Crippen molar-refractivity contribution in [2.24, 2.45) is 0 Å². The van der Waals surface area contributed by atoms with E-state index in [1.165, 1.54) is 327 Å². The lowest BCUT2D eigenvalue weighted by Crippen LogP contribution is -2.45. The van der Waals surface area contributed by atoms with E-state index >= 15 is 0 Å². The number of aliphatic hydroxyl groups excluding tert-OH is 2. The molecule has 0 aliphatic rings. The summed E-state index contributed by atoms with van der Waals surface area (Å²) in [6.07, 6.45) is 94.9. The van der Waals surface area contributed by atoms with E-state index in [1.54, 1.807) is 6.08 Å². The zero-order chi connectivity index (χ0) is 59.9. The minimum atomic E-state index is -0.846. The summed E-state index contributed by atoms with van der Waals surface area (Å²) >= 11 is 0. The van der Waals surface area contributed by atoms with Crippen LogP contribution in [0.15, 0.2) is 48.6 Å². The SMILES string of the molecule is CCCCCCCC/C=C\CCCCCCCC(=O)OCCCCCCCCCCC/C=C\C/C=C\CCCCCCCCCCCCCCCCCC(=O)NC(CO)C(O)/C=C/CCCCCCCCCCCCCCCCCCCC. The maximum atomic E-state index is 12.5. The molecular formula is C77H145NO5. The molecule has 6 heteroatoms. The third kappa shape index (κ3) is 68.8. The first kappa shape index (κ1) is 80.8. The maximum Gasteiger partial charge on any atom is 0.305 e. The lowest BCUT2D eigenvalue weighted by molar-refractivity contribution is -0.143. The Hall–Kier alpha value is -2.18. The number of carbonyl (C=O) groups is 2. The van der Waals surface area contributed by atoms with Crippen LogP contribution in [0.25, 0.3) is 0 Å². The molecule has 2 atom stereocenters. The van der Waals surface area contributed by atoms with E-state index in [4.69, 9.17) is 4.74 Å². The molecule has 0 aliphatic heterocycles. The lowest BCUT2D eigenvalue weighted by atomic mass is 10.0. The van der Waals surface area contributed by atoms with Crippen LogP contribution in [0, 0.1) is 0 Å². The van der Waals surface area contributed by atoms with Crippen LogP contribution in [0.1, 0.15) is 406 Å². The molecule has 2 unspecified atom stereocenters. The largest absolute Gasteiger partial charge is 0.466 e. The van der Waals surface area contributed by atoms with Crippen molar-refractivity contribution in [3.8, 4) is 0 Å². The number of amides is 1. The van der Waals surface area contributed by atoms with Crippen molar-refractivity contribution < 1.29 is 24.5 Å². The van der Waals surface area contributed by atoms with Gasteiger partial charge in [-0.1, -0.05) is 351 Å². The fourth-order valence-electron chi connectivity index (χ4n) is 11.6. The number of unbranched alkanes of at least 4 members (excludes halogenated alkanes) is 53. The zero-order valence-corrected chi connectivity index (χ0v) is 55.9. The number of hydrogen-bond acceptors (Lipinski definition) is 5. The summed E-state index contributed by atoms with van der Waals surface area (Å²) in [6.45, 7) is 4.93. The van der Waals surface area contributed by atoms with Crippen molar-refractivity contribution in [2.45, 2.75) is 418 Å². The normalized spacial score (nSPS) is 12.8. The fourth-order valence-corrected chi connectivity index (χ4v) is 11.6. The summed E-state index contributed by atoms with van der Waals surface area (Å²) < 4.78 is 5.49. The summed E-state index contributed by atoms with van der Waals surface area (Å²) in [5.41, 5.74) is 0. The zero-order valence-electron chi connectivity index (χ0n) is 55.9. The molecule has 0 aromatic carbocycles. The molecule has 0 aliphatic carbocycles. The first-order valence-electron chi connectivity index (χ1n) is 37.4. The Labute approximate surface area is 518 Å². The summed E-state index contributed by atoms with van der Waals surface area (Å²) in [7, 11) is 0. The lowest BCUT2D eigenvalue weighted by Gasteiger charge is -2.20. The van der Waals surface area contributed by atoms with Gasteiger partial charge in [0.05, 0.1) is 25.4 Å². The smallest absolute Gasteiger partial charge is 0.305 e. The molecule has 0 aromatic rings. The molecule has 0 radical (unpaired) electrons. The number of nitrogens with one attached hydrogen (secondary N) is 1. The molecule has 0 fully saturated rings. The van der Waals surface area contributed by atoms with Crippen LogP contribution in [0.3, 0.4) is 0 Å². The summed E-state index contributed by atoms with van der Waals surface area (Å²) in [6, 6.07) is -0.629. The van der Waals surface area contributed by atoms with Gasteiger partial charge in [0.15, 0.2) is 0 Å². The summed E-state index contributed by atoms with van der Waals surface area (Å²) in [4.78, 5) is 24.6. The van der Waals surface area contributed by atoms with Gasteiger partial charge in [-0.3, -0.25) is 9.59 Å². The summed E-state index contributed by atoms with van der Waals surface area (Å²) in [5.74, 6) is -0.0587. The second-order valence-corrected chi connectivity index (χ2v) is 25.6. The second kappa shape index (κ2) is 72.3. The number of rotatable bonds is 70. The van der Waals surface area contributed by atoms with Crippen LogP contribution >= 0.6 is 0 Å². The van der Waals surface area contributed by atoms with Crippen molar-refractivity contribution in [3.63, 3.8) is 0 Å². The van der Waals surface area contributed by atoms with E-state index in [2.05, 4.69) is 55.6 Å². The van der Waals surface area contributed by atoms with Gasteiger partial charge in [0.1, 0.15) is 0 Å². The van der Waals surface area contributed by atoms with E-state index in [-0.39, 0.29) is 18.5 Å². The molecular weight excluding hydrogens is 1020 g/mol. The number of hydrogen-bond donors (Lipinski definition) is 3. The van der Waals surface area contributed by atoms with Crippen LogP contribution < -0.4 is 5.32 Å². The standard InChI is InChI=1S/C77H145NO5/c1-3-5-7-9-11-13-15-17-19-20-21-35-38-42-45-49-53-57-61-65-69-75(80)74(73-79)78-76(81)70-66-62-58-54-50-46-43-39-36-33-31-29-27-25-23-22-24-26-28-30-32-34-37-40-44-48-52-56-60-64-68-72-83-77(82)71-67-63-59-55-51-47-41-18-16-14-12-10-8-6-4-2/h18,24,26,30,32,41,65,69,74-75,79-80H,3-17,19-23,25,27-29,31,33-40,42-64,66-68,70-73H2,1-2H3,(H,78,81)/b26-24-,32-30-,41-18-,69-65+. The quantitative estimate of drug-likeness (QED) is 0.0320. The number of aliphatic hydroxyl groups is 2. The van der Waals surface area contributed by atoms with Crippen LogP contribution in [-0.2, 0) is 14.3 Å². The molecule has 0 saturated heterocycles. The van der Waals surface area contributed by atoms with Gasteiger partial charge in [-0.05, 0) is 89.9 Å². The maximum absolute atomic E-state index is 12.5. The molecule has 0 spiro atoms. The van der Waals surface area contributed by atoms with Gasteiger partial charge in [-0.25, -0.2) is 0 Å². The molecule has 6 nitrogen and oxygen atoms in total. The minimum Gasteiger partial charge on any atom is -0.466 e. The average molecular weight is 1170 g/mol. The van der Waals surface area contributed by atoms with Gasteiger partial charge < -0.3 is 20.3 Å². The molecule has 83 heavy (non-hydrogen) atoms. The van der Waals surface area contributed by atoms with Crippen molar-refractivity contribution in [3.05, 3.63) is 48.6 Å². The topological polar surface area (TPSA) is 95.9 Å². The minimum absolute atomic E-state index is 0.00525. The number of allylic oxidation sites excluding steroid dienone is 7. The highest BCUT2D eigenvalue weighted by atomic mass is 16.5. The Bertz CT molecular complexity index is 1390. The van der Waals surface area contributed by atoms with E-state index in [0.717, 1.165) is 51.4 Å². The third-order valence-corrected chi connectivity index (χ3v) is 17.3. The number of carbonyl (C=O) groups excluding carboxylic acids is 2. The molecule has 488 valence electrons. The summed E-state index contributed by atoms with van der Waals surface area (Å²) in [5, 5.41) is 23.3. The van der Waals surface area contributed by atoms with Crippen LogP contribution in [0.4, 0.5) is 0 Å². The molecule has 0 rings (SSSR count). The highest BCUT2D eigenvalue weighted by molar-refractivity contribution is 5.76. The van der Waals surface area contributed by atoms with Crippen LogP contribution in [-0.4, -0.2) is 47.4 Å². The average Bonchev–Trinajstić information content (AvgIpc) is 3.49. The van der Waals surface area contributed by atoms with Crippen molar-refractivity contribution in [2.75, 3.05) is 13.2 Å². The highest BCUT2D eigenvalue weighted by Crippen LogP contribution is 2.18. The van der Waals surface area contributed by atoms with Gasteiger partial charge in [0.2, 0.25) is 5.91 Å². The molecule has 3 N–H and O–H groups in total. The highest BCUT2D eigenvalue weighted by Gasteiger charge is 2.18. The molecule has 0 heterocycles. The fraction of sp³-hybridized carbons (Fsp3) is 0.870. The number of esters is 1. The Balaban J connectivity index is 3.42.